The number of benzene rings is 1. The number of fused-ring (bicyclic) bond motifs is 1. The van der Waals surface area contributed by atoms with Crippen LogP contribution < -0.4 is 22.3 Å². The van der Waals surface area contributed by atoms with Gasteiger partial charge in [0.2, 0.25) is 5.91 Å². The zero-order chi connectivity index (χ0) is 18.1. The molecule has 0 spiro atoms. The van der Waals surface area contributed by atoms with Crippen molar-refractivity contribution in [2.45, 2.75) is 0 Å². The Labute approximate surface area is 140 Å². The van der Waals surface area contributed by atoms with Gasteiger partial charge in [-0.05, 0) is 24.3 Å². The first-order valence-corrected chi connectivity index (χ1v) is 7.33. The summed E-state index contributed by atoms with van der Waals surface area (Å²) in [6.45, 7) is 0. The third-order valence-corrected chi connectivity index (χ3v) is 3.67. The van der Waals surface area contributed by atoms with Gasteiger partial charge in [0, 0.05) is 32.1 Å². The number of amides is 1. The summed E-state index contributed by atoms with van der Waals surface area (Å²) in [5, 5.41) is 2.63. The predicted molar refractivity (Wildman–Crippen MR) is 93.5 cm³/mol. The van der Waals surface area contributed by atoms with Crippen LogP contribution in [0.15, 0.2) is 44.9 Å². The van der Waals surface area contributed by atoms with E-state index in [1.165, 1.54) is 37.0 Å². The minimum atomic E-state index is -0.488. The maximum Gasteiger partial charge on any atom is 0.330 e. The second-order valence-corrected chi connectivity index (χ2v) is 5.50. The van der Waals surface area contributed by atoms with Crippen LogP contribution in [-0.4, -0.2) is 25.0 Å². The number of carbonyl (C=O) groups excluding carboxylic acids is 1. The number of anilines is 1. The van der Waals surface area contributed by atoms with Gasteiger partial charge in [-0.3, -0.25) is 14.2 Å². The van der Waals surface area contributed by atoms with Crippen molar-refractivity contribution in [3.05, 3.63) is 67.4 Å². The number of carbonyl (C=O) groups is 1. The maximum atomic E-state index is 12.0. The molecule has 1 aromatic carbocycles. The molecule has 0 atom stereocenters. The highest BCUT2D eigenvalue weighted by Gasteiger charge is 2.05. The highest BCUT2D eigenvalue weighted by Crippen LogP contribution is 2.14. The maximum absolute atomic E-state index is 12.0. The summed E-state index contributed by atoms with van der Waals surface area (Å²) in [5.74, 6) is -0.451. The fourth-order valence-corrected chi connectivity index (χ4v) is 2.41. The van der Waals surface area contributed by atoms with E-state index >= 15 is 0 Å². The lowest BCUT2D eigenvalue weighted by molar-refractivity contribution is -0.111. The number of rotatable bonds is 3. The number of nitrogens with zero attached hydrogens (tertiary/aromatic N) is 2. The molecule has 9 heteroatoms. The lowest BCUT2D eigenvalue weighted by Crippen LogP contribution is -2.37. The van der Waals surface area contributed by atoms with E-state index < -0.39 is 17.2 Å². The summed E-state index contributed by atoms with van der Waals surface area (Å²) in [4.78, 5) is 52.1. The molecule has 3 rings (SSSR count). The molecule has 0 saturated carbocycles. The van der Waals surface area contributed by atoms with Gasteiger partial charge in [-0.15, -0.1) is 0 Å². The molecule has 2 aromatic heterocycles. The van der Waals surface area contributed by atoms with Crippen LogP contribution >= 0.6 is 0 Å². The summed E-state index contributed by atoms with van der Waals surface area (Å²) < 4.78 is 2.23. The number of imidazole rings is 1. The van der Waals surface area contributed by atoms with Gasteiger partial charge in [0.25, 0.3) is 5.56 Å². The molecule has 0 unspecified atom stereocenters. The average Bonchev–Trinajstić information content (AvgIpc) is 2.94. The number of hydrogen-bond donors (Lipinski definition) is 3. The third-order valence-electron chi connectivity index (χ3n) is 3.67. The molecule has 0 aliphatic rings. The fourth-order valence-electron chi connectivity index (χ4n) is 2.41. The van der Waals surface area contributed by atoms with E-state index in [0.717, 1.165) is 4.57 Å². The summed E-state index contributed by atoms with van der Waals surface area (Å²) in [7, 11) is 2.89. The van der Waals surface area contributed by atoms with Gasteiger partial charge in [-0.2, -0.15) is 0 Å². The van der Waals surface area contributed by atoms with Crippen LogP contribution in [0.3, 0.4) is 0 Å². The molecule has 3 N–H and O–H groups in total. The smallest absolute Gasteiger partial charge is 0.322 e. The molecule has 0 radical (unpaired) electrons. The first kappa shape index (κ1) is 16.2. The number of hydrogen-bond acceptors (Lipinski definition) is 4. The van der Waals surface area contributed by atoms with Crippen molar-refractivity contribution in [3.8, 4) is 0 Å². The molecule has 1 amide bonds. The SMILES string of the molecule is Cn1cc(/C=C/C(=O)Nc2ccc3[nH]c(=O)[nH]c3c2)c(=O)n(C)c1=O. The molecular formula is C16H15N5O4. The average molecular weight is 341 g/mol. The topological polar surface area (TPSA) is 122 Å². The van der Waals surface area contributed by atoms with Crippen molar-refractivity contribution in [1.29, 1.82) is 0 Å². The summed E-state index contributed by atoms with van der Waals surface area (Å²) in [6, 6.07) is 4.92. The molecule has 0 saturated heterocycles. The highest BCUT2D eigenvalue weighted by molar-refractivity contribution is 6.02. The Morgan fingerprint density at radius 1 is 1.12 bits per heavy atom. The van der Waals surface area contributed by atoms with Gasteiger partial charge in [0.1, 0.15) is 0 Å². The van der Waals surface area contributed by atoms with Crippen molar-refractivity contribution in [2.75, 3.05) is 5.32 Å². The van der Waals surface area contributed by atoms with Crippen molar-refractivity contribution in [3.63, 3.8) is 0 Å². The molecular weight excluding hydrogens is 326 g/mol. The van der Waals surface area contributed by atoms with Gasteiger partial charge in [-0.1, -0.05) is 0 Å². The minimum absolute atomic E-state index is 0.213. The number of aryl methyl sites for hydroxylation is 1. The monoisotopic (exact) mass is 341 g/mol. The lowest BCUT2D eigenvalue weighted by atomic mass is 10.2. The summed E-state index contributed by atoms with van der Waals surface area (Å²) in [5.41, 5.74) is 0.643. The normalized spacial score (nSPS) is 11.3. The highest BCUT2D eigenvalue weighted by atomic mass is 16.2. The van der Waals surface area contributed by atoms with Crippen molar-refractivity contribution in [1.82, 2.24) is 19.1 Å². The van der Waals surface area contributed by atoms with E-state index in [0.29, 0.717) is 16.7 Å². The number of aromatic amines is 2. The lowest BCUT2D eigenvalue weighted by Gasteiger charge is -2.04. The van der Waals surface area contributed by atoms with E-state index in [-0.39, 0.29) is 11.3 Å². The van der Waals surface area contributed by atoms with Gasteiger partial charge in [0.05, 0.1) is 16.6 Å². The fraction of sp³-hybridized carbons (Fsp3) is 0.125. The zero-order valence-electron chi connectivity index (χ0n) is 13.5. The number of nitrogens with one attached hydrogen (secondary N) is 3. The molecule has 128 valence electrons. The van der Waals surface area contributed by atoms with Crippen LogP contribution in [0, 0.1) is 0 Å². The van der Waals surface area contributed by atoms with E-state index in [9.17, 15) is 19.2 Å². The Hall–Kier alpha value is -3.62. The second-order valence-electron chi connectivity index (χ2n) is 5.50. The first-order chi connectivity index (χ1) is 11.8. The van der Waals surface area contributed by atoms with Crippen LogP contribution in [0.25, 0.3) is 17.1 Å². The van der Waals surface area contributed by atoms with Crippen LogP contribution in [0.1, 0.15) is 5.56 Å². The Balaban J connectivity index is 1.82. The van der Waals surface area contributed by atoms with Crippen LogP contribution in [0.2, 0.25) is 0 Å². The molecule has 0 fully saturated rings. The van der Waals surface area contributed by atoms with E-state index in [1.54, 1.807) is 18.2 Å². The van der Waals surface area contributed by atoms with Gasteiger partial charge < -0.3 is 19.9 Å². The first-order valence-electron chi connectivity index (χ1n) is 7.33. The quantitative estimate of drug-likeness (QED) is 0.576. The van der Waals surface area contributed by atoms with Crippen molar-refractivity contribution < 1.29 is 4.79 Å². The molecule has 0 aliphatic heterocycles. The predicted octanol–water partition coefficient (Wildman–Crippen LogP) is -0.0945. The minimum Gasteiger partial charge on any atom is -0.322 e. The molecule has 0 aliphatic carbocycles. The van der Waals surface area contributed by atoms with Crippen LogP contribution in [0.5, 0.6) is 0 Å². The van der Waals surface area contributed by atoms with E-state index in [4.69, 9.17) is 0 Å². The number of H-pyrrole nitrogens is 2. The molecule has 2 heterocycles. The zero-order valence-corrected chi connectivity index (χ0v) is 13.5. The molecule has 3 aromatic rings. The molecule has 0 bridgehead atoms. The Morgan fingerprint density at radius 3 is 2.60 bits per heavy atom. The second kappa shape index (κ2) is 6.11. The largest absolute Gasteiger partial charge is 0.330 e. The van der Waals surface area contributed by atoms with Gasteiger partial charge >= 0.3 is 11.4 Å². The number of aromatic nitrogens is 4. The standard InChI is InChI=1S/C16H15N5O4/c1-20-8-9(14(23)21(2)16(20)25)3-6-13(22)17-10-4-5-11-12(7-10)19-15(24)18-11/h3-8H,1-2H3,(H,17,22)(H2,18,19,24)/b6-3+. The van der Waals surface area contributed by atoms with E-state index in [1.807, 2.05) is 0 Å². The molecule has 9 nitrogen and oxygen atoms in total. The molecule has 25 heavy (non-hydrogen) atoms. The Morgan fingerprint density at radius 2 is 1.84 bits per heavy atom. The van der Waals surface area contributed by atoms with E-state index in [2.05, 4.69) is 15.3 Å². The third kappa shape index (κ3) is 3.20. The van der Waals surface area contributed by atoms with Crippen molar-refractivity contribution >= 4 is 28.7 Å². The van der Waals surface area contributed by atoms with Crippen LogP contribution in [0.4, 0.5) is 5.69 Å². The van der Waals surface area contributed by atoms with Crippen molar-refractivity contribution in [2.24, 2.45) is 14.1 Å². The Kier molecular flexibility index (Phi) is 3.97. The Bertz CT molecular complexity index is 1180. The summed E-state index contributed by atoms with van der Waals surface area (Å²) >= 11 is 0. The van der Waals surface area contributed by atoms with Gasteiger partial charge in [-0.25, -0.2) is 9.59 Å². The van der Waals surface area contributed by atoms with Gasteiger partial charge in [0.15, 0.2) is 0 Å². The summed E-state index contributed by atoms with van der Waals surface area (Å²) in [6.07, 6.45) is 3.91. The van der Waals surface area contributed by atoms with Crippen LogP contribution in [-0.2, 0) is 18.9 Å².